The second kappa shape index (κ2) is 5.40. The summed E-state index contributed by atoms with van der Waals surface area (Å²) in [5, 5.41) is -0.347. The molecule has 0 aromatic heterocycles. The minimum absolute atomic E-state index is 0.0870. The molecule has 100 valence electrons. The molecule has 18 heavy (non-hydrogen) atoms. The largest absolute Gasteiger partial charge is 0.302 e. The molecule has 2 aliphatic rings. The highest BCUT2D eigenvalue weighted by Gasteiger charge is 2.42. The van der Waals surface area contributed by atoms with Crippen molar-refractivity contribution < 1.29 is 14.4 Å². The SMILES string of the molecule is CC(C)N1C(=O)CC(SN2CCC[C@H]2C=O)C1=O. The molecule has 2 atom stereocenters. The number of nitrogens with zero attached hydrogens (tertiary/aromatic N) is 2. The van der Waals surface area contributed by atoms with Gasteiger partial charge in [-0.1, -0.05) is 11.9 Å². The Hall–Kier alpha value is -0.880. The fourth-order valence-electron chi connectivity index (χ4n) is 2.44. The molecule has 1 unspecified atom stereocenters. The molecule has 2 fully saturated rings. The molecule has 0 aliphatic carbocycles. The maximum Gasteiger partial charge on any atom is 0.244 e. The minimum Gasteiger partial charge on any atom is -0.302 e. The zero-order chi connectivity index (χ0) is 13.3. The zero-order valence-corrected chi connectivity index (χ0v) is 11.5. The van der Waals surface area contributed by atoms with E-state index in [4.69, 9.17) is 0 Å². The predicted molar refractivity (Wildman–Crippen MR) is 68.8 cm³/mol. The molecule has 0 aromatic carbocycles. The van der Waals surface area contributed by atoms with Crippen LogP contribution in [-0.2, 0) is 14.4 Å². The van der Waals surface area contributed by atoms with Crippen LogP contribution in [0.1, 0.15) is 33.1 Å². The molecule has 0 radical (unpaired) electrons. The maximum absolute atomic E-state index is 12.1. The first-order chi connectivity index (χ1) is 8.54. The standard InChI is InChI=1S/C12H18N2O3S/c1-8(2)14-11(16)6-10(12(14)17)18-13-5-3-4-9(13)7-15/h7-10H,3-6H2,1-2H3/t9-,10?/m0/s1. The number of carbonyl (C=O) groups is 3. The molecule has 0 bridgehead atoms. The molecular formula is C12H18N2O3S. The van der Waals surface area contributed by atoms with Crippen LogP contribution in [0.25, 0.3) is 0 Å². The van der Waals surface area contributed by atoms with Crippen LogP contribution in [0.4, 0.5) is 0 Å². The Kier molecular flexibility index (Phi) is 4.07. The molecule has 2 saturated heterocycles. The molecule has 0 saturated carbocycles. The van der Waals surface area contributed by atoms with E-state index >= 15 is 0 Å². The van der Waals surface area contributed by atoms with Gasteiger partial charge in [0.1, 0.15) is 11.5 Å². The summed E-state index contributed by atoms with van der Waals surface area (Å²) in [4.78, 5) is 36.1. The van der Waals surface area contributed by atoms with Crippen molar-refractivity contribution in [3.05, 3.63) is 0 Å². The van der Waals surface area contributed by atoms with Crippen LogP contribution >= 0.6 is 11.9 Å². The molecular weight excluding hydrogens is 252 g/mol. The average molecular weight is 270 g/mol. The van der Waals surface area contributed by atoms with E-state index in [0.717, 1.165) is 25.7 Å². The third kappa shape index (κ3) is 2.44. The van der Waals surface area contributed by atoms with Crippen molar-refractivity contribution in [2.24, 2.45) is 0 Å². The van der Waals surface area contributed by atoms with Gasteiger partial charge in [0.15, 0.2) is 0 Å². The van der Waals surface area contributed by atoms with Crippen molar-refractivity contribution in [2.45, 2.75) is 50.4 Å². The van der Waals surface area contributed by atoms with Crippen molar-refractivity contribution in [1.82, 2.24) is 9.21 Å². The smallest absolute Gasteiger partial charge is 0.244 e. The van der Waals surface area contributed by atoms with Crippen molar-refractivity contribution in [1.29, 1.82) is 0 Å². The summed E-state index contributed by atoms with van der Waals surface area (Å²) in [6, 6.07) is -0.193. The average Bonchev–Trinajstić information content (AvgIpc) is 2.84. The number of amides is 2. The van der Waals surface area contributed by atoms with Gasteiger partial charge in [0.2, 0.25) is 11.8 Å². The molecule has 0 aromatic rings. The van der Waals surface area contributed by atoms with E-state index in [-0.39, 0.29) is 35.6 Å². The van der Waals surface area contributed by atoms with Gasteiger partial charge >= 0.3 is 0 Å². The van der Waals surface area contributed by atoms with E-state index in [1.165, 1.54) is 16.8 Å². The summed E-state index contributed by atoms with van der Waals surface area (Å²) in [6.45, 7) is 4.49. The third-order valence-corrected chi connectivity index (χ3v) is 4.67. The van der Waals surface area contributed by atoms with Crippen molar-refractivity contribution in [2.75, 3.05) is 6.54 Å². The summed E-state index contributed by atoms with van der Waals surface area (Å²) >= 11 is 1.37. The van der Waals surface area contributed by atoms with Crippen LogP contribution in [0.5, 0.6) is 0 Å². The minimum atomic E-state index is -0.347. The van der Waals surface area contributed by atoms with Crippen LogP contribution in [0.3, 0.4) is 0 Å². The van der Waals surface area contributed by atoms with Crippen LogP contribution in [0.2, 0.25) is 0 Å². The van der Waals surface area contributed by atoms with E-state index in [9.17, 15) is 14.4 Å². The van der Waals surface area contributed by atoms with Crippen LogP contribution < -0.4 is 0 Å². The number of imide groups is 1. The van der Waals surface area contributed by atoms with Gasteiger partial charge in [0.05, 0.1) is 6.04 Å². The van der Waals surface area contributed by atoms with Gasteiger partial charge in [-0.15, -0.1) is 0 Å². The first-order valence-electron chi connectivity index (χ1n) is 6.29. The normalized spacial score (nSPS) is 29.6. The summed E-state index contributed by atoms with van der Waals surface area (Å²) in [5.41, 5.74) is 0. The lowest BCUT2D eigenvalue weighted by atomic mass is 10.2. The summed E-state index contributed by atoms with van der Waals surface area (Å²) < 4.78 is 1.95. The lowest BCUT2D eigenvalue weighted by molar-refractivity contribution is -0.140. The summed E-state index contributed by atoms with van der Waals surface area (Å²) in [6.07, 6.45) is 3.00. The van der Waals surface area contributed by atoms with E-state index in [2.05, 4.69) is 0 Å². The zero-order valence-electron chi connectivity index (χ0n) is 10.7. The highest BCUT2D eigenvalue weighted by atomic mass is 32.2. The van der Waals surface area contributed by atoms with E-state index in [1.54, 1.807) is 0 Å². The lowest BCUT2D eigenvalue weighted by Crippen LogP contribution is -2.38. The van der Waals surface area contributed by atoms with Gasteiger partial charge in [-0.25, -0.2) is 4.31 Å². The molecule has 6 heteroatoms. The Labute approximate surface area is 111 Å². The first kappa shape index (κ1) is 13.5. The number of hydrogen-bond acceptors (Lipinski definition) is 5. The van der Waals surface area contributed by atoms with Crippen LogP contribution in [-0.4, -0.2) is 51.2 Å². The Morgan fingerprint density at radius 2 is 2.11 bits per heavy atom. The van der Waals surface area contributed by atoms with Crippen molar-refractivity contribution >= 4 is 30.0 Å². The van der Waals surface area contributed by atoms with Gasteiger partial charge in [0, 0.05) is 19.0 Å². The van der Waals surface area contributed by atoms with Gasteiger partial charge in [-0.2, -0.15) is 0 Å². The summed E-state index contributed by atoms with van der Waals surface area (Å²) in [5.74, 6) is -0.217. The molecule has 0 spiro atoms. The lowest BCUT2D eigenvalue weighted by Gasteiger charge is -2.22. The van der Waals surface area contributed by atoms with Gasteiger partial charge in [-0.05, 0) is 26.7 Å². The second-order valence-electron chi connectivity index (χ2n) is 4.98. The van der Waals surface area contributed by atoms with Gasteiger partial charge in [-0.3, -0.25) is 14.5 Å². The molecule has 2 aliphatic heterocycles. The Morgan fingerprint density at radius 1 is 1.39 bits per heavy atom. The predicted octanol–water partition coefficient (Wildman–Crippen LogP) is 0.834. The maximum atomic E-state index is 12.1. The highest BCUT2D eigenvalue weighted by molar-refractivity contribution is 7.98. The fourth-order valence-corrected chi connectivity index (χ4v) is 3.74. The molecule has 2 heterocycles. The van der Waals surface area contributed by atoms with Crippen molar-refractivity contribution in [3.63, 3.8) is 0 Å². The Morgan fingerprint density at radius 3 is 2.67 bits per heavy atom. The molecule has 2 amide bonds. The second-order valence-corrected chi connectivity index (χ2v) is 6.23. The van der Waals surface area contributed by atoms with E-state index in [0.29, 0.717) is 0 Å². The van der Waals surface area contributed by atoms with Crippen LogP contribution in [0.15, 0.2) is 0 Å². The number of aldehydes is 1. The molecule has 5 nitrogen and oxygen atoms in total. The van der Waals surface area contributed by atoms with Gasteiger partial charge in [0.25, 0.3) is 0 Å². The van der Waals surface area contributed by atoms with Gasteiger partial charge < -0.3 is 4.79 Å². The fraction of sp³-hybridized carbons (Fsp3) is 0.750. The number of rotatable bonds is 4. The monoisotopic (exact) mass is 270 g/mol. The Bertz CT molecular complexity index is 372. The number of hydrogen-bond donors (Lipinski definition) is 0. The van der Waals surface area contributed by atoms with Crippen LogP contribution in [0, 0.1) is 0 Å². The Balaban J connectivity index is 2.01. The molecule has 2 rings (SSSR count). The quantitative estimate of drug-likeness (QED) is 0.430. The highest BCUT2D eigenvalue weighted by Crippen LogP contribution is 2.33. The van der Waals surface area contributed by atoms with Crippen molar-refractivity contribution in [3.8, 4) is 0 Å². The number of likely N-dealkylation sites (tertiary alicyclic amines) is 1. The third-order valence-electron chi connectivity index (χ3n) is 3.33. The van der Waals surface area contributed by atoms with E-state index < -0.39 is 0 Å². The first-order valence-corrected chi connectivity index (χ1v) is 7.13. The number of carbonyl (C=O) groups excluding carboxylic acids is 3. The molecule has 0 N–H and O–H groups in total. The summed E-state index contributed by atoms with van der Waals surface area (Å²) in [7, 11) is 0. The topological polar surface area (TPSA) is 57.7 Å². The van der Waals surface area contributed by atoms with E-state index in [1.807, 2.05) is 18.2 Å².